The number of anilines is 2. The van der Waals surface area contributed by atoms with E-state index in [1.54, 1.807) is 48.5 Å². The van der Waals surface area contributed by atoms with E-state index in [1.807, 2.05) is 13.0 Å². The number of methoxy groups -OCH3 is 2. The summed E-state index contributed by atoms with van der Waals surface area (Å²) in [6.07, 6.45) is 3.36. The SMILES string of the molecule is COc1ccc(NC(=O)C2=C(C)Nc3nnnn3[C@@H]2c2cccnc2)c(OC)c1. The van der Waals surface area contributed by atoms with Crippen molar-refractivity contribution in [3.63, 3.8) is 0 Å². The van der Waals surface area contributed by atoms with Crippen molar-refractivity contribution in [2.75, 3.05) is 24.9 Å². The van der Waals surface area contributed by atoms with Crippen LogP contribution in [0.5, 0.6) is 11.5 Å². The molecule has 2 N–H and O–H groups in total. The molecular formula is C19H19N7O3. The van der Waals surface area contributed by atoms with Gasteiger partial charge in [0.25, 0.3) is 5.91 Å². The predicted molar refractivity (Wildman–Crippen MR) is 105 cm³/mol. The van der Waals surface area contributed by atoms with Crippen LogP contribution in [0.15, 0.2) is 54.0 Å². The Morgan fingerprint density at radius 2 is 2.10 bits per heavy atom. The fourth-order valence-electron chi connectivity index (χ4n) is 3.24. The second-order valence-electron chi connectivity index (χ2n) is 6.32. The summed E-state index contributed by atoms with van der Waals surface area (Å²) in [5.41, 5.74) is 2.42. The first-order valence-electron chi connectivity index (χ1n) is 8.81. The number of amides is 1. The standard InChI is InChI=1S/C19H19N7O3/c1-11-16(18(27)22-14-7-6-13(28-2)9-15(14)29-3)17(12-5-4-8-20-10-12)26-19(21-11)23-24-25-26/h4-10,17H,1-3H3,(H,22,27)(H,21,23,25)/t17-/m1/s1. The van der Waals surface area contributed by atoms with Gasteiger partial charge in [-0.05, 0) is 41.1 Å². The Morgan fingerprint density at radius 3 is 2.83 bits per heavy atom. The molecule has 0 aliphatic carbocycles. The number of aromatic nitrogens is 5. The number of hydrogen-bond acceptors (Lipinski definition) is 8. The molecule has 0 fully saturated rings. The molecule has 0 unspecified atom stereocenters. The lowest BCUT2D eigenvalue weighted by Crippen LogP contribution is -2.31. The Labute approximate surface area is 166 Å². The smallest absolute Gasteiger partial charge is 0.255 e. The Morgan fingerprint density at radius 1 is 1.24 bits per heavy atom. The van der Waals surface area contributed by atoms with Gasteiger partial charge in [0.2, 0.25) is 5.95 Å². The van der Waals surface area contributed by atoms with Crippen LogP contribution in [0.25, 0.3) is 0 Å². The Balaban J connectivity index is 1.73. The largest absolute Gasteiger partial charge is 0.497 e. The average molecular weight is 393 g/mol. The number of benzene rings is 1. The number of carbonyl (C=O) groups excluding carboxylic acids is 1. The maximum Gasteiger partial charge on any atom is 0.255 e. The maximum atomic E-state index is 13.3. The molecule has 29 heavy (non-hydrogen) atoms. The number of nitrogens with one attached hydrogen (secondary N) is 2. The third-order valence-electron chi connectivity index (χ3n) is 4.62. The van der Waals surface area contributed by atoms with Crippen molar-refractivity contribution in [3.05, 3.63) is 59.6 Å². The summed E-state index contributed by atoms with van der Waals surface area (Å²) in [6.45, 7) is 1.81. The van der Waals surface area contributed by atoms with E-state index in [-0.39, 0.29) is 5.91 Å². The second kappa shape index (κ2) is 7.58. The summed E-state index contributed by atoms with van der Waals surface area (Å²) in [5, 5.41) is 17.8. The summed E-state index contributed by atoms with van der Waals surface area (Å²) in [4.78, 5) is 17.5. The van der Waals surface area contributed by atoms with Gasteiger partial charge < -0.3 is 20.1 Å². The number of carbonyl (C=O) groups is 1. The van der Waals surface area contributed by atoms with Crippen molar-refractivity contribution in [1.29, 1.82) is 0 Å². The van der Waals surface area contributed by atoms with E-state index in [1.165, 1.54) is 7.11 Å². The number of allylic oxidation sites excluding steroid dienone is 1. The van der Waals surface area contributed by atoms with Gasteiger partial charge >= 0.3 is 0 Å². The number of rotatable bonds is 5. The number of nitrogens with zero attached hydrogens (tertiary/aromatic N) is 5. The molecule has 0 spiro atoms. The minimum atomic E-state index is -0.529. The zero-order valence-electron chi connectivity index (χ0n) is 16.1. The number of pyridine rings is 1. The van der Waals surface area contributed by atoms with E-state index in [9.17, 15) is 4.79 Å². The Kier molecular flexibility index (Phi) is 4.82. The van der Waals surface area contributed by atoms with Crippen LogP contribution < -0.4 is 20.1 Å². The molecule has 10 nitrogen and oxygen atoms in total. The van der Waals surface area contributed by atoms with Crippen LogP contribution in [0.4, 0.5) is 11.6 Å². The molecule has 0 bridgehead atoms. The molecule has 1 aliphatic rings. The van der Waals surface area contributed by atoms with Crippen LogP contribution in [0, 0.1) is 0 Å². The number of tetrazole rings is 1. The normalized spacial score (nSPS) is 15.3. The molecule has 0 radical (unpaired) electrons. The van der Waals surface area contributed by atoms with Gasteiger partial charge in [0.15, 0.2) is 0 Å². The molecule has 3 heterocycles. The van der Waals surface area contributed by atoms with Gasteiger partial charge in [0.1, 0.15) is 17.5 Å². The highest BCUT2D eigenvalue weighted by Gasteiger charge is 2.34. The molecule has 3 aromatic rings. The van der Waals surface area contributed by atoms with E-state index in [2.05, 4.69) is 31.1 Å². The van der Waals surface area contributed by atoms with Crippen molar-refractivity contribution in [2.24, 2.45) is 0 Å². The summed E-state index contributed by atoms with van der Waals surface area (Å²) in [5.74, 6) is 1.25. The number of hydrogen-bond donors (Lipinski definition) is 2. The fraction of sp³-hybridized carbons (Fsp3) is 0.211. The van der Waals surface area contributed by atoms with Crippen molar-refractivity contribution < 1.29 is 14.3 Å². The molecule has 1 amide bonds. The first kappa shape index (κ1) is 18.4. The molecule has 1 atom stereocenters. The number of ether oxygens (including phenoxy) is 2. The quantitative estimate of drug-likeness (QED) is 0.676. The molecule has 148 valence electrons. The molecule has 1 aromatic carbocycles. The topological polar surface area (TPSA) is 116 Å². The molecule has 4 rings (SSSR count). The van der Waals surface area contributed by atoms with Crippen molar-refractivity contribution in [2.45, 2.75) is 13.0 Å². The minimum Gasteiger partial charge on any atom is -0.497 e. The van der Waals surface area contributed by atoms with Crippen LogP contribution >= 0.6 is 0 Å². The minimum absolute atomic E-state index is 0.312. The summed E-state index contributed by atoms with van der Waals surface area (Å²) in [7, 11) is 3.10. The van der Waals surface area contributed by atoms with Crippen LogP contribution in [0.2, 0.25) is 0 Å². The third-order valence-corrected chi connectivity index (χ3v) is 4.62. The molecule has 1 aliphatic heterocycles. The predicted octanol–water partition coefficient (Wildman–Crippen LogP) is 2.01. The monoisotopic (exact) mass is 393 g/mol. The molecule has 10 heteroatoms. The van der Waals surface area contributed by atoms with Crippen molar-refractivity contribution in [1.82, 2.24) is 25.2 Å². The molecular weight excluding hydrogens is 374 g/mol. The van der Waals surface area contributed by atoms with Crippen LogP contribution in [0.1, 0.15) is 18.5 Å². The van der Waals surface area contributed by atoms with E-state index >= 15 is 0 Å². The molecule has 0 saturated heterocycles. The van der Waals surface area contributed by atoms with Gasteiger partial charge in [-0.2, -0.15) is 4.68 Å². The lowest BCUT2D eigenvalue weighted by molar-refractivity contribution is -0.113. The maximum absolute atomic E-state index is 13.3. The Bertz CT molecular complexity index is 1080. The zero-order valence-corrected chi connectivity index (χ0v) is 16.1. The fourth-order valence-corrected chi connectivity index (χ4v) is 3.24. The first-order valence-corrected chi connectivity index (χ1v) is 8.81. The third kappa shape index (κ3) is 3.35. The van der Waals surface area contributed by atoms with Crippen LogP contribution in [-0.4, -0.2) is 45.3 Å². The molecule has 0 saturated carbocycles. The molecule has 2 aromatic heterocycles. The van der Waals surface area contributed by atoms with Gasteiger partial charge in [0.05, 0.1) is 25.5 Å². The highest BCUT2D eigenvalue weighted by Crippen LogP contribution is 2.36. The summed E-state index contributed by atoms with van der Waals surface area (Å²) >= 11 is 0. The highest BCUT2D eigenvalue weighted by molar-refractivity contribution is 6.06. The van der Waals surface area contributed by atoms with E-state index in [4.69, 9.17) is 9.47 Å². The van der Waals surface area contributed by atoms with Crippen molar-refractivity contribution in [3.8, 4) is 11.5 Å². The second-order valence-corrected chi connectivity index (χ2v) is 6.32. The van der Waals surface area contributed by atoms with Crippen molar-refractivity contribution >= 4 is 17.5 Å². The van der Waals surface area contributed by atoms with Gasteiger partial charge in [0, 0.05) is 24.2 Å². The van der Waals surface area contributed by atoms with Gasteiger partial charge in [-0.25, -0.2) is 0 Å². The average Bonchev–Trinajstić information content (AvgIpc) is 3.21. The zero-order chi connectivity index (χ0) is 20.4. The van der Waals surface area contributed by atoms with E-state index < -0.39 is 6.04 Å². The van der Waals surface area contributed by atoms with Gasteiger partial charge in [-0.15, -0.1) is 0 Å². The van der Waals surface area contributed by atoms with Crippen LogP contribution in [-0.2, 0) is 4.79 Å². The van der Waals surface area contributed by atoms with E-state index in [0.29, 0.717) is 34.4 Å². The summed E-state index contributed by atoms with van der Waals surface area (Å²) < 4.78 is 12.2. The Hall–Kier alpha value is -3.95. The highest BCUT2D eigenvalue weighted by atomic mass is 16.5. The lowest BCUT2D eigenvalue weighted by atomic mass is 9.96. The van der Waals surface area contributed by atoms with E-state index in [0.717, 1.165) is 5.56 Å². The van der Waals surface area contributed by atoms with Gasteiger partial charge in [-0.1, -0.05) is 11.2 Å². The van der Waals surface area contributed by atoms with Crippen LogP contribution in [0.3, 0.4) is 0 Å². The first-order chi connectivity index (χ1) is 14.1. The summed E-state index contributed by atoms with van der Waals surface area (Å²) in [6, 6.07) is 8.33. The number of fused-ring (bicyclic) bond motifs is 1. The van der Waals surface area contributed by atoms with Gasteiger partial charge in [-0.3, -0.25) is 9.78 Å². The lowest BCUT2D eigenvalue weighted by Gasteiger charge is -2.27.